The third-order valence-corrected chi connectivity index (χ3v) is 6.29. The predicted octanol–water partition coefficient (Wildman–Crippen LogP) is 4.08. The number of fused-ring (bicyclic) bond motifs is 1. The molecule has 0 saturated carbocycles. The van der Waals surface area contributed by atoms with E-state index in [0.717, 1.165) is 11.1 Å². The molecule has 0 fully saturated rings. The Morgan fingerprint density at radius 2 is 1.57 bits per heavy atom. The van der Waals surface area contributed by atoms with Crippen molar-refractivity contribution in [2.45, 2.75) is 18.5 Å². The van der Waals surface area contributed by atoms with Crippen molar-refractivity contribution in [2.75, 3.05) is 28.4 Å². The van der Waals surface area contributed by atoms with Crippen molar-refractivity contribution in [2.24, 2.45) is 0 Å². The Kier molecular flexibility index (Phi) is 6.91. The molecular formula is C27H27FN2O5. The molecule has 2 amide bonds. The molecule has 7 nitrogen and oxygen atoms in total. The van der Waals surface area contributed by atoms with E-state index in [1.807, 2.05) is 12.1 Å². The highest BCUT2D eigenvalue weighted by Crippen LogP contribution is 2.45. The minimum atomic E-state index is -0.735. The maximum atomic E-state index is 13.7. The monoisotopic (exact) mass is 478 g/mol. The van der Waals surface area contributed by atoms with Gasteiger partial charge in [0, 0.05) is 19.2 Å². The van der Waals surface area contributed by atoms with Gasteiger partial charge in [0.15, 0.2) is 11.5 Å². The van der Waals surface area contributed by atoms with E-state index in [1.54, 1.807) is 55.5 Å². The number of amides is 2. The highest BCUT2D eigenvalue weighted by atomic mass is 19.1. The van der Waals surface area contributed by atoms with Crippen LogP contribution in [0.15, 0.2) is 60.7 Å². The first-order chi connectivity index (χ1) is 16.9. The van der Waals surface area contributed by atoms with Crippen LogP contribution in [0.3, 0.4) is 0 Å². The van der Waals surface area contributed by atoms with Crippen molar-refractivity contribution in [1.29, 1.82) is 0 Å². The fourth-order valence-corrected chi connectivity index (χ4v) is 4.45. The van der Waals surface area contributed by atoms with Crippen molar-refractivity contribution >= 4 is 11.8 Å². The Bertz CT molecular complexity index is 1230. The Morgan fingerprint density at radius 3 is 2.17 bits per heavy atom. The van der Waals surface area contributed by atoms with Crippen LogP contribution in [0, 0.1) is 5.82 Å². The average molecular weight is 479 g/mol. The van der Waals surface area contributed by atoms with Crippen LogP contribution in [0.1, 0.15) is 39.0 Å². The molecule has 0 aliphatic carbocycles. The first-order valence-electron chi connectivity index (χ1n) is 11.1. The van der Waals surface area contributed by atoms with Gasteiger partial charge in [-0.3, -0.25) is 9.59 Å². The third-order valence-electron chi connectivity index (χ3n) is 6.29. The summed E-state index contributed by atoms with van der Waals surface area (Å²) in [5, 5.41) is 2.96. The van der Waals surface area contributed by atoms with Crippen LogP contribution < -0.4 is 19.5 Å². The Hall–Kier alpha value is -4.07. The number of likely N-dealkylation sites (N-methyl/N-ethyl adjacent to an activating group) is 1. The number of rotatable bonds is 7. The Morgan fingerprint density at radius 1 is 0.943 bits per heavy atom. The summed E-state index contributed by atoms with van der Waals surface area (Å²) in [4.78, 5) is 28.7. The average Bonchev–Trinajstić information content (AvgIpc) is 2.89. The molecule has 0 bridgehead atoms. The summed E-state index contributed by atoms with van der Waals surface area (Å²) < 4.78 is 29.4. The van der Waals surface area contributed by atoms with Gasteiger partial charge in [0.1, 0.15) is 11.6 Å². The first-order valence-corrected chi connectivity index (χ1v) is 11.1. The number of benzene rings is 3. The molecule has 182 valence electrons. The zero-order chi connectivity index (χ0) is 25.1. The molecule has 0 spiro atoms. The second-order valence-electron chi connectivity index (χ2n) is 8.25. The van der Waals surface area contributed by atoms with E-state index in [2.05, 4.69) is 5.32 Å². The van der Waals surface area contributed by atoms with Crippen LogP contribution in [-0.4, -0.2) is 45.1 Å². The maximum Gasteiger partial charge on any atom is 0.254 e. The number of halogens is 1. The number of nitrogens with one attached hydrogen (secondary N) is 1. The minimum Gasteiger partial charge on any atom is -0.497 e. The van der Waals surface area contributed by atoms with E-state index in [1.165, 1.54) is 26.4 Å². The summed E-state index contributed by atoms with van der Waals surface area (Å²) in [5.74, 6) is -0.0897. The van der Waals surface area contributed by atoms with Crippen molar-refractivity contribution in [3.05, 3.63) is 88.7 Å². The van der Waals surface area contributed by atoms with E-state index in [4.69, 9.17) is 14.2 Å². The molecule has 1 heterocycles. The summed E-state index contributed by atoms with van der Waals surface area (Å²) in [6.45, 7) is 0.214. The van der Waals surface area contributed by atoms with Gasteiger partial charge >= 0.3 is 0 Å². The molecule has 1 N–H and O–H groups in total. The van der Waals surface area contributed by atoms with Crippen molar-refractivity contribution in [3.8, 4) is 17.2 Å². The lowest BCUT2D eigenvalue weighted by Crippen LogP contribution is -2.45. The molecule has 3 aromatic rings. The van der Waals surface area contributed by atoms with Crippen molar-refractivity contribution < 1.29 is 28.2 Å². The number of methoxy groups -OCH3 is 3. The van der Waals surface area contributed by atoms with Gasteiger partial charge in [-0.25, -0.2) is 4.39 Å². The maximum absolute atomic E-state index is 13.7. The van der Waals surface area contributed by atoms with Crippen molar-refractivity contribution in [1.82, 2.24) is 10.2 Å². The lowest BCUT2D eigenvalue weighted by Gasteiger charge is -2.40. The molecule has 8 heteroatoms. The molecule has 3 aromatic carbocycles. The number of ether oxygens (including phenoxy) is 3. The highest BCUT2D eigenvalue weighted by molar-refractivity contribution is 6.02. The first kappa shape index (κ1) is 24.1. The summed E-state index contributed by atoms with van der Waals surface area (Å²) in [6.07, 6.45) is 0. The summed E-state index contributed by atoms with van der Waals surface area (Å²) in [6, 6.07) is 15.9. The minimum absolute atomic E-state index is 0.214. The molecule has 2 atom stereocenters. The molecule has 1 aliphatic rings. The van der Waals surface area contributed by atoms with Crippen LogP contribution in [-0.2, 0) is 11.3 Å². The summed E-state index contributed by atoms with van der Waals surface area (Å²) in [5.41, 5.74) is 2.46. The second kappa shape index (κ2) is 10.0. The number of carbonyl (C=O) groups is 2. The lowest BCUT2D eigenvalue weighted by molar-refractivity contribution is -0.124. The van der Waals surface area contributed by atoms with Crippen molar-refractivity contribution in [3.63, 3.8) is 0 Å². The Labute approximate surface area is 203 Å². The van der Waals surface area contributed by atoms with E-state index in [9.17, 15) is 14.0 Å². The standard InChI is InChI=1S/C27H27FN2O5/c1-30-25(17-7-11-19(33-2)12-8-17)24(26(31)29-15-16-5-9-18(28)10-6-16)20-13-22(34-3)23(35-4)14-21(20)27(30)32/h5-14,24-25H,15H2,1-4H3,(H,29,31)/t24-,25+/m1/s1. The zero-order valence-corrected chi connectivity index (χ0v) is 20.0. The van der Waals surface area contributed by atoms with Crippen LogP contribution in [0.5, 0.6) is 17.2 Å². The number of hydrogen-bond donors (Lipinski definition) is 1. The van der Waals surface area contributed by atoms with Gasteiger partial charge < -0.3 is 24.4 Å². The molecule has 0 saturated heterocycles. The number of carbonyl (C=O) groups excluding carboxylic acids is 2. The SMILES string of the molecule is COc1ccc([C@H]2[C@H](C(=O)NCc3ccc(F)cc3)c3cc(OC)c(OC)cc3C(=O)N2C)cc1. The molecule has 0 aromatic heterocycles. The van der Waals surface area contributed by atoms with Crippen LogP contribution in [0.2, 0.25) is 0 Å². The van der Waals surface area contributed by atoms with E-state index >= 15 is 0 Å². The van der Waals surface area contributed by atoms with Gasteiger partial charge in [-0.05, 0) is 53.1 Å². The molecule has 0 radical (unpaired) electrons. The lowest BCUT2D eigenvalue weighted by atomic mass is 9.79. The third kappa shape index (κ3) is 4.64. The molecule has 0 unspecified atom stereocenters. The van der Waals surface area contributed by atoms with Gasteiger partial charge in [-0.1, -0.05) is 24.3 Å². The fourth-order valence-electron chi connectivity index (χ4n) is 4.45. The van der Waals surface area contributed by atoms with E-state index < -0.39 is 12.0 Å². The Balaban J connectivity index is 1.79. The van der Waals surface area contributed by atoms with Crippen LogP contribution in [0.25, 0.3) is 0 Å². The second-order valence-corrected chi connectivity index (χ2v) is 8.25. The highest BCUT2D eigenvalue weighted by Gasteiger charge is 2.43. The van der Waals surface area contributed by atoms with E-state index in [-0.39, 0.29) is 24.2 Å². The van der Waals surface area contributed by atoms with Gasteiger partial charge in [-0.15, -0.1) is 0 Å². The zero-order valence-electron chi connectivity index (χ0n) is 20.0. The predicted molar refractivity (Wildman–Crippen MR) is 128 cm³/mol. The topological polar surface area (TPSA) is 77.1 Å². The molecule has 35 heavy (non-hydrogen) atoms. The van der Waals surface area contributed by atoms with Crippen LogP contribution in [0.4, 0.5) is 4.39 Å². The number of hydrogen-bond acceptors (Lipinski definition) is 5. The largest absolute Gasteiger partial charge is 0.497 e. The molecule has 1 aliphatic heterocycles. The number of nitrogens with zero attached hydrogens (tertiary/aromatic N) is 1. The fraction of sp³-hybridized carbons (Fsp3) is 0.259. The van der Waals surface area contributed by atoms with Gasteiger partial charge in [0.05, 0.1) is 33.3 Å². The smallest absolute Gasteiger partial charge is 0.254 e. The van der Waals surface area contributed by atoms with E-state index in [0.29, 0.717) is 28.4 Å². The summed E-state index contributed by atoms with van der Waals surface area (Å²) in [7, 11) is 6.25. The van der Waals surface area contributed by atoms with Gasteiger partial charge in [0.2, 0.25) is 5.91 Å². The molecule has 4 rings (SSSR count). The van der Waals surface area contributed by atoms with Gasteiger partial charge in [-0.2, -0.15) is 0 Å². The van der Waals surface area contributed by atoms with Gasteiger partial charge in [0.25, 0.3) is 5.91 Å². The molecular weight excluding hydrogens is 451 g/mol. The summed E-state index contributed by atoms with van der Waals surface area (Å²) >= 11 is 0. The quantitative estimate of drug-likeness (QED) is 0.554. The van der Waals surface area contributed by atoms with Crippen LogP contribution >= 0.6 is 0 Å². The normalized spacial score (nSPS) is 16.9.